The van der Waals surface area contributed by atoms with Crippen molar-refractivity contribution in [1.29, 1.82) is 0 Å². The largest absolute Gasteiger partial charge is 0.293 e. The molecule has 0 aromatic heterocycles. The Labute approximate surface area is 100.0 Å². The minimum Gasteiger partial charge on any atom is -0.293 e. The summed E-state index contributed by atoms with van der Waals surface area (Å²) in [5.74, 6) is -0.801. The van der Waals surface area contributed by atoms with Gasteiger partial charge >= 0.3 is 0 Å². The molecule has 0 bridgehead atoms. The molecule has 0 saturated heterocycles. The van der Waals surface area contributed by atoms with Gasteiger partial charge in [-0.25, -0.2) is 8.42 Å². The highest BCUT2D eigenvalue weighted by Gasteiger charge is 2.15. The third-order valence-corrected chi connectivity index (χ3v) is 3.27. The van der Waals surface area contributed by atoms with Crippen LogP contribution in [0.3, 0.4) is 0 Å². The van der Waals surface area contributed by atoms with Crippen LogP contribution >= 0.6 is 0 Å². The van der Waals surface area contributed by atoms with Crippen molar-refractivity contribution >= 4 is 26.4 Å². The number of benzene rings is 2. The van der Waals surface area contributed by atoms with Gasteiger partial charge in [0.15, 0.2) is 15.6 Å². The molecule has 4 heteroatoms. The van der Waals surface area contributed by atoms with Crippen LogP contribution in [-0.2, 0) is 9.84 Å². The van der Waals surface area contributed by atoms with Gasteiger partial charge < -0.3 is 0 Å². The van der Waals surface area contributed by atoms with E-state index in [1.165, 1.54) is 0 Å². The van der Waals surface area contributed by atoms with Crippen LogP contribution in [0.1, 0.15) is 10.4 Å². The topological polar surface area (TPSA) is 51.2 Å². The van der Waals surface area contributed by atoms with Gasteiger partial charge in [-0.05, 0) is 10.8 Å². The molecular weight excluding hydrogens is 236 g/mol. The summed E-state index contributed by atoms with van der Waals surface area (Å²) in [5.41, 5.74) is 0.466. The van der Waals surface area contributed by atoms with Crippen molar-refractivity contribution in [3.8, 4) is 0 Å². The molecule has 2 rings (SSSR count). The summed E-state index contributed by atoms with van der Waals surface area (Å²) in [6.45, 7) is 0. The number of rotatable bonds is 3. The summed E-state index contributed by atoms with van der Waals surface area (Å²) in [7, 11) is -3.29. The van der Waals surface area contributed by atoms with Gasteiger partial charge in [0.1, 0.15) is 5.75 Å². The molecule has 2 aromatic carbocycles. The molecule has 17 heavy (non-hydrogen) atoms. The van der Waals surface area contributed by atoms with Crippen LogP contribution in [0.15, 0.2) is 42.5 Å². The Balaban J connectivity index is 2.52. The fourth-order valence-corrected chi connectivity index (χ4v) is 2.42. The van der Waals surface area contributed by atoms with Gasteiger partial charge in [0.2, 0.25) is 0 Å². The number of Topliss-reactive ketones (excluding diaryl/α,β-unsaturated/α-hetero) is 1. The van der Waals surface area contributed by atoms with Gasteiger partial charge in [-0.3, -0.25) is 4.79 Å². The Kier molecular flexibility index (Phi) is 2.98. The molecule has 0 fully saturated rings. The molecule has 0 amide bonds. The minimum absolute atomic E-state index is 0.357. The Morgan fingerprint density at radius 1 is 1.06 bits per heavy atom. The second-order valence-electron chi connectivity index (χ2n) is 4.02. The third-order valence-electron chi connectivity index (χ3n) is 2.48. The summed E-state index contributed by atoms with van der Waals surface area (Å²) in [6, 6.07) is 12.8. The summed E-state index contributed by atoms with van der Waals surface area (Å²) in [6.07, 6.45) is 1.07. The molecule has 0 spiro atoms. The standard InChI is InChI=1S/C13H12O3S/c1-17(15,16)9-13(14)12-8-4-6-10-5-2-3-7-11(10)12/h2-8H,9H2,1H3. The minimum atomic E-state index is -3.29. The first kappa shape index (κ1) is 11.8. The first-order valence-electron chi connectivity index (χ1n) is 5.16. The molecule has 0 aliphatic heterocycles. The lowest BCUT2D eigenvalue weighted by molar-refractivity contribution is 0.102. The zero-order chi connectivity index (χ0) is 12.5. The van der Waals surface area contributed by atoms with E-state index in [2.05, 4.69) is 0 Å². The van der Waals surface area contributed by atoms with Crippen molar-refractivity contribution in [2.75, 3.05) is 12.0 Å². The van der Waals surface area contributed by atoms with Gasteiger partial charge in [-0.2, -0.15) is 0 Å². The molecule has 0 aliphatic rings. The molecule has 0 radical (unpaired) electrons. The van der Waals surface area contributed by atoms with Crippen LogP contribution in [0.4, 0.5) is 0 Å². The number of fused-ring (bicyclic) bond motifs is 1. The first-order chi connectivity index (χ1) is 7.97. The molecule has 0 unspecified atom stereocenters. The maximum absolute atomic E-state index is 11.9. The average Bonchev–Trinajstić information content (AvgIpc) is 2.26. The molecule has 3 nitrogen and oxygen atoms in total. The lowest BCUT2D eigenvalue weighted by atomic mass is 10.0. The van der Waals surface area contributed by atoms with E-state index in [1.807, 2.05) is 30.3 Å². The summed E-state index contributed by atoms with van der Waals surface area (Å²) in [4.78, 5) is 11.9. The van der Waals surface area contributed by atoms with E-state index in [4.69, 9.17) is 0 Å². The third kappa shape index (κ3) is 2.71. The second-order valence-corrected chi connectivity index (χ2v) is 6.16. The highest BCUT2D eigenvalue weighted by molar-refractivity contribution is 7.91. The van der Waals surface area contributed by atoms with E-state index in [9.17, 15) is 13.2 Å². The quantitative estimate of drug-likeness (QED) is 0.781. The Morgan fingerprint density at radius 2 is 1.71 bits per heavy atom. The van der Waals surface area contributed by atoms with Gasteiger partial charge in [-0.15, -0.1) is 0 Å². The normalized spacial score (nSPS) is 11.6. The number of hydrogen-bond acceptors (Lipinski definition) is 3. The highest BCUT2D eigenvalue weighted by Crippen LogP contribution is 2.19. The zero-order valence-electron chi connectivity index (χ0n) is 9.38. The van der Waals surface area contributed by atoms with E-state index < -0.39 is 15.6 Å². The van der Waals surface area contributed by atoms with Crippen LogP contribution in [0.5, 0.6) is 0 Å². The smallest absolute Gasteiger partial charge is 0.178 e. The van der Waals surface area contributed by atoms with Crippen molar-refractivity contribution in [3.63, 3.8) is 0 Å². The van der Waals surface area contributed by atoms with Gasteiger partial charge in [-0.1, -0.05) is 42.5 Å². The number of carbonyl (C=O) groups excluding carboxylic acids is 1. The van der Waals surface area contributed by atoms with Gasteiger partial charge in [0.05, 0.1) is 0 Å². The average molecular weight is 248 g/mol. The zero-order valence-corrected chi connectivity index (χ0v) is 10.2. The van der Waals surface area contributed by atoms with Crippen LogP contribution in [0.2, 0.25) is 0 Å². The number of hydrogen-bond donors (Lipinski definition) is 0. The van der Waals surface area contributed by atoms with E-state index in [1.54, 1.807) is 12.1 Å². The molecule has 0 saturated carbocycles. The van der Waals surface area contributed by atoms with Crippen molar-refractivity contribution in [1.82, 2.24) is 0 Å². The van der Waals surface area contributed by atoms with Gasteiger partial charge in [0, 0.05) is 11.8 Å². The number of ketones is 1. The molecule has 0 N–H and O–H groups in total. The maximum Gasteiger partial charge on any atom is 0.178 e. The Bertz CT molecular complexity index is 667. The van der Waals surface area contributed by atoms with E-state index in [0.29, 0.717) is 5.56 Å². The fraction of sp³-hybridized carbons (Fsp3) is 0.154. The molecule has 0 heterocycles. The van der Waals surface area contributed by atoms with E-state index in [-0.39, 0.29) is 5.78 Å². The van der Waals surface area contributed by atoms with Crippen molar-refractivity contribution in [2.45, 2.75) is 0 Å². The van der Waals surface area contributed by atoms with Crippen molar-refractivity contribution < 1.29 is 13.2 Å². The number of carbonyl (C=O) groups is 1. The lowest BCUT2D eigenvalue weighted by Gasteiger charge is -2.04. The molecule has 2 aromatic rings. The van der Waals surface area contributed by atoms with E-state index >= 15 is 0 Å². The summed E-state index contributed by atoms with van der Waals surface area (Å²) >= 11 is 0. The molecule has 0 aliphatic carbocycles. The van der Waals surface area contributed by atoms with Crippen LogP contribution in [0, 0.1) is 0 Å². The highest BCUT2D eigenvalue weighted by atomic mass is 32.2. The van der Waals surface area contributed by atoms with E-state index in [0.717, 1.165) is 17.0 Å². The predicted octanol–water partition coefficient (Wildman–Crippen LogP) is 2.07. The van der Waals surface area contributed by atoms with Crippen molar-refractivity contribution in [3.05, 3.63) is 48.0 Å². The maximum atomic E-state index is 11.9. The summed E-state index contributed by atoms with van der Waals surface area (Å²) in [5, 5.41) is 1.73. The first-order valence-corrected chi connectivity index (χ1v) is 7.22. The second kappa shape index (κ2) is 4.30. The SMILES string of the molecule is CS(=O)(=O)CC(=O)c1cccc2ccccc12. The van der Waals surface area contributed by atoms with Crippen LogP contribution in [-0.4, -0.2) is 26.2 Å². The number of sulfone groups is 1. The van der Waals surface area contributed by atoms with Gasteiger partial charge in [0.25, 0.3) is 0 Å². The Morgan fingerprint density at radius 3 is 2.41 bits per heavy atom. The molecule has 88 valence electrons. The molecular formula is C13H12O3S. The van der Waals surface area contributed by atoms with Crippen LogP contribution in [0.25, 0.3) is 10.8 Å². The summed E-state index contributed by atoms with van der Waals surface area (Å²) < 4.78 is 22.3. The van der Waals surface area contributed by atoms with Crippen LogP contribution < -0.4 is 0 Å². The molecule has 0 atom stereocenters. The predicted molar refractivity (Wildman–Crippen MR) is 68.0 cm³/mol. The Hall–Kier alpha value is -1.68. The monoisotopic (exact) mass is 248 g/mol. The lowest BCUT2D eigenvalue weighted by Crippen LogP contribution is -2.14. The van der Waals surface area contributed by atoms with Crippen molar-refractivity contribution in [2.24, 2.45) is 0 Å². The fourth-order valence-electron chi connectivity index (χ4n) is 1.78.